The topological polar surface area (TPSA) is 63.1 Å². The SMILES string of the molecule is Cc1ncc2c(n1)CSC2C(=O)O. The van der Waals surface area contributed by atoms with Crippen LogP contribution in [0.15, 0.2) is 6.20 Å². The van der Waals surface area contributed by atoms with Gasteiger partial charge in [-0.25, -0.2) is 9.97 Å². The first-order chi connectivity index (χ1) is 6.18. The number of fused-ring (bicyclic) bond motifs is 1. The van der Waals surface area contributed by atoms with Crippen molar-refractivity contribution >= 4 is 17.7 Å². The van der Waals surface area contributed by atoms with Gasteiger partial charge in [0.1, 0.15) is 11.1 Å². The third-order valence-corrected chi connectivity index (χ3v) is 3.14. The molecule has 68 valence electrons. The highest BCUT2D eigenvalue weighted by Crippen LogP contribution is 2.40. The Bertz CT molecular complexity index is 367. The van der Waals surface area contributed by atoms with Crippen molar-refractivity contribution in [3.05, 3.63) is 23.3 Å². The van der Waals surface area contributed by atoms with Gasteiger partial charge in [0.05, 0.1) is 5.69 Å². The number of nitrogens with zero attached hydrogens (tertiary/aromatic N) is 2. The molecular weight excluding hydrogens is 188 g/mol. The van der Waals surface area contributed by atoms with E-state index >= 15 is 0 Å². The Hall–Kier alpha value is -1.10. The summed E-state index contributed by atoms with van der Waals surface area (Å²) in [6.07, 6.45) is 1.62. The van der Waals surface area contributed by atoms with E-state index in [1.807, 2.05) is 0 Å². The summed E-state index contributed by atoms with van der Waals surface area (Å²) < 4.78 is 0. The number of aryl methyl sites for hydroxylation is 1. The Morgan fingerprint density at radius 3 is 3.23 bits per heavy atom. The number of rotatable bonds is 1. The highest BCUT2D eigenvalue weighted by Gasteiger charge is 2.30. The maximum absolute atomic E-state index is 10.8. The van der Waals surface area contributed by atoms with Gasteiger partial charge >= 0.3 is 5.97 Å². The lowest BCUT2D eigenvalue weighted by molar-refractivity contribution is -0.136. The highest BCUT2D eigenvalue weighted by atomic mass is 32.2. The standard InChI is InChI=1S/C8H8N2O2S/c1-4-9-2-5-6(10-4)3-13-7(5)8(11)12/h2,7H,3H2,1H3,(H,11,12). The van der Waals surface area contributed by atoms with Crippen LogP contribution in [0.1, 0.15) is 22.3 Å². The fourth-order valence-corrected chi connectivity index (χ4v) is 2.39. The molecule has 1 aromatic heterocycles. The molecule has 1 aromatic rings. The molecular formula is C8H8N2O2S. The third-order valence-electron chi connectivity index (χ3n) is 1.91. The molecule has 2 rings (SSSR count). The van der Waals surface area contributed by atoms with Crippen molar-refractivity contribution in [3.8, 4) is 0 Å². The van der Waals surface area contributed by atoms with E-state index in [0.717, 1.165) is 11.3 Å². The quantitative estimate of drug-likeness (QED) is 0.730. The second kappa shape index (κ2) is 2.99. The summed E-state index contributed by atoms with van der Waals surface area (Å²) in [5.41, 5.74) is 1.62. The van der Waals surface area contributed by atoms with E-state index in [9.17, 15) is 4.79 Å². The number of carboxylic acids is 1. The molecule has 0 radical (unpaired) electrons. The van der Waals surface area contributed by atoms with Gasteiger partial charge in [0, 0.05) is 17.5 Å². The number of thioether (sulfide) groups is 1. The molecule has 1 N–H and O–H groups in total. The predicted octanol–water partition coefficient (Wildman–Crippen LogP) is 1.16. The molecule has 1 atom stereocenters. The zero-order chi connectivity index (χ0) is 9.42. The van der Waals surface area contributed by atoms with Gasteiger partial charge in [0.25, 0.3) is 0 Å². The van der Waals surface area contributed by atoms with Crippen molar-refractivity contribution in [3.63, 3.8) is 0 Å². The third kappa shape index (κ3) is 1.39. The average molecular weight is 196 g/mol. The Morgan fingerprint density at radius 2 is 2.54 bits per heavy atom. The first-order valence-corrected chi connectivity index (χ1v) is 4.90. The Balaban J connectivity index is 2.44. The molecule has 4 nitrogen and oxygen atoms in total. The van der Waals surface area contributed by atoms with E-state index in [4.69, 9.17) is 5.11 Å². The number of aromatic nitrogens is 2. The molecule has 0 saturated carbocycles. The van der Waals surface area contributed by atoms with Crippen LogP contribution in [0.5, 0.6) is 0 Å². The van der Waals surface area contributed by atoms with Crippen LogP contribution >= 0.6 is 11.8 Å². The maximum Gasteiger partial charge on any atom is 0.321 e. The van der Waals surface area contributed by atoms with Gasteiger partial charge in [0.15, 0.2) is 0 Å². The Kier molecular flexibility index (Phi) is 1.95. The summed E-state index contributed by atoms with van der Waals surface area (Å²) >= 11 is 1.39. The normalized spacial score (nSPS) is 19.9. The van der Waals surface area contributed by atoms with Crippen LogP contribution in [0.25, 0.3) is 0 Å². The minimum atomic E-state index is -0.809. The van der Waals surface area contributed by atoms with Crippen LogP contribution in [0.3, 0.4) is 0 Å². The van der Waals surface area contributed by atoms with Crippen molar-refractivity contribution in [2.24, 2.45) is 0 Å². The maximum atomic E-state index is 10.8. The largest absolute Gasteiger partial charge is 0.480 e. The fourth-order valence-electron chi connectivity index (χ4n) is 1.32. The molecule has 13 heavy (non-hydrogen) atoms. The molecule has 0 bridgehead atoms. The van der Waals surface area contributed by atoms with Gasteiger partial charge in [-0.15, -0.1) is 11.8 Å². The van der Waals surface area contributed by atoms with E-state index in [2.05, 4.69) is 9.97 Å². The fraction of sp³-hybridized carbons (Fsp3) is 0.375. The summed E-state index contributed by atoms with van der Waals surface area (Å²) in [7, 11) is 0. The number of hydrogen-bond donors (Lipinski definition) is 1. The molecule has 5 heteroatoms. The first kappa shape index (κ1) is 8.50. The van der Waals surface area contributed by atoms with Crippen LogP contribution in [0, 0.1) is 6.92 Å². The van der Waals surface area contributed by atoms with Gasteiger partial charge in [-0.3, -0.25) is 4.79 Å². The van der Waals surface area contributed by atoms with Crippen LogP contribution < -0.4 is 0 Å². The zero-order valence-corrected chi connectivity index (χ0v) is 7.84. The van der Waals surface area contributed by atoms with Crippen molar-refractivity contribution in [2.75, 3.05) is 0 Å². The van der Waals surface area contributed by atoms with E-state index in [0.29, 0.717) is 11.6 Å². The van der Waals surface area contributed by atoms with E-state index < -0.39 is 11.2 Å². The summed E-state index contributed by atoms with van der Waals surface area (Å²) in [5.74, 6) is 0.567. The van der Waals surface area contributed by atoms with Crippen molar-refractivity contribution in [1.82, 2.24) is 9.97 Å². The molecule has 0 spiro atoms. The van der Waals surface area contributed by atoms with E-state index in [1.54, 1.807) is 13.1 Å². The predicted molar refractivity (Wildman–Crippen MR) is 48.4 cm³/mol. The van der Waals surface area contributed by atoms with Gasteiger partial charge in [-0.1, -0.05) is 0 Å². The van der Waals surface area contributed by atoms with Crippen LogP contribution in [0.2, 0.25) is 0 Å². The van der Waals surface area contributed by atoms with Crippen LogP contribution in [-0.4, -0.2) is 21.0 Å². The van der Waals surface area contributed by atoms with Crippen LogP contribution in [-0.2, 0) is 10.5 Å². The molecule has 0 aliphatic carbocycles. The number of carbonyl (C=O) groups is 1. The van der Waals surface area contributed by atoms with E-state index in [1.165, 1.54) is 11.8 Å². The van der Waals surface area contributed by atoms with E-state index in [-0.39, 0.29) is 0 Å². The Labute approximate surface area is 79.4 Å². The molecule has 0 amide bonds. The molecule has 1 aliphatic heterocycles. The highest BCUT2D eigenvalue weighted by molar-refractivity contribution is 7.99. The second-order valence-corrected chi connectivity index (χ2v) is 3.94. The molecule has 1 aliphatic rings. The van der Waals surface area contributed by atoms with Gasteiger partial charge in [-0.2, -0.15) is 0 Å². The lowest BCUT2D eigenvalue weighted by Crippen LogP contribution is -2.06. The lowest BCUT2D eigenvalue weighted by Gasteiger charge is -2.02. The smallest absolute Gasteiger partial charge is 0.321 e. The van der Waals surface area contributed by atoms with Gasteiger partial charge in [0.2, 0.25) is 0 Å². The van der Waals surface area contributed by atoms with Gasteiger partial charge < -0.3 is 5.11 Å². The molecule has 0 fully saturated rings. The van der Waals surface area contributed by atoms with Crippen molar-refractivity contribution < 1.29 is 9.90 Å². The Morgan fingerprint density at radius 1 is 1.77 bits per heavy atom. The number of aliphatic carboxylic acids is 1. The van der Waals surface area contributed by atoms with Gasteiger partial charge in [-0.05, 0) is 6.92 Å². The minimum Gasteiger partial charge on any atom is -0.480 e. The second-order valence-electron chi connectivity index (χ2n) is 2.85. The molecule has 2 heterocycles. The number of carboxylic acid groups (broad SMARTS) is 1. The lowest BCUT2D eigenvalue weighted by atomic mass is 10.2. The zero-order valence-electron chi connectivity index (χ0n) is 7.02. The van der Waals surface area contributed by atoms with Crippen molar-refractivity contribution in [1.29, 1.82) is 0 Å². The number of hydrogen-bond acceptors (Lipinski definition) is 4. The minimum absolute atomic E-state index is 0.476. The van der Waals surface area contributed by atoms with Crippen molar-refractivity contribution in [2.45, 2.75) is 17.9 Å². The molecule has 0 aromatic carbocycles. The summed E-state index contributed by atoms with van der Waals surface area (Å²) in [6.45, 7) is 1.80. The summed E-state index contributed by atoms with van der Waals surface area (Å²) in [5, 5.41) is 8.38. The average Bonchev–Trinajstić information content (AvgIpc) is 2.46. The first-order valence-electron chi connectivity index (χ1n) is 3.85. The molecule has 1 unspecified atom stereocenters. The van der Waals surface area contributed by atoms with Crippen LogP contribution in [0.4, 0.5) is 0 Å². The summed E-state index contributed by atoms with van der Waals surface area (Å²) in [4.78, 5) is 19.0. The molecule has 0 saturated heterocycles. The summed E-state index contributed by atoms with van der Waals surface area (Å²) in [6, 6.07) is 0. The monoisotopic (exact) mass is 196 g/mol.